The smallest absolute Gasteiger partial charge is 0.135 e. The van der Waals surface area contributed by atoms with E-state index in [4.69, 9.17) is 21.1 Å². The van der Waals surface area contributed by atoms with Gasteiger partial charge in [0.1, 0.15) is 23.0 Å². The Hall–Kier alpha value is -3.18. The van der Waals surface area contributed by atoms with Crippen molar-refractivity contribution in [2.75, 3.05) is 19.6 Å². The first-order valence-corrected chi connectivity index (χ1v) is 8.60. The van der Waals surface area contributed by atoms with Gasteiger partial charge in [-0.2, -0.15) is 5.10 Å². The first-order chi connectivity index (χ1) is 13.1. The lowest BCUT2D eigenvalue weighted by molar-refractivity contribution is 0.384. The minimum absolute atomic E-state index is 0.00485. The molecule has 0 radical (unpaired) electrons. The van der Waals surface area contributed by atoms with Crippen molar-refractivity contribution in [3.63, 3.8) is 0 Å². The molecule has 6 heteroatoms. The van der Waals surface area contributed by atoms with Crippen molar-refractivity contribution in [3.05, 3.63) is 82.9 Å². The van der Waals surface area contributed by atoms with Gasteiger partial charge in [0.2, 0.25) is 0 Å². The fourth-order valence-corrected chi connectivity index (χ4v) is 2.72. The Morgan fingerprint density at radius 1 is 0.963 bits per heavy atom. The number of methoxy groups -OCH3 is 2. The second-order valence-electron chi connectivity index (χ2n) is 5.67. The maximum atomic E-state index is 10.6. The summed E-state index contributed by atoms with van der Waals surface area (Å²) in [7, 11) is 3.06. The van der Waals surface area contributed by atoms with E-state index in [1.165, 1.54) is 20.3 Å². The molecule has 0 aliphatic heterocycles. The summed E-state index contributed by atoms with van der Waals surface area (Å²) in [6, 6.07) is 19.9. The number of ether oxygens (including phenoxy) is 2. The number of rotatable bonds is 6. The number of nitrogens with zero attached hydrogens (tertiary/aromatic N) is 1. The maximum absolute atomic E-state index is 10.6. The van der Waals surface area contributed by atoms with Crippen LogP contribution in [0.15, 0.2) is 71.8 Å². The topological polar surface area (TPSA) is 63.1 Å². The van der Waals surface area contributed by atoms with E-state index < -0.39 is 0 Å². The minimum atomic E-state index is -0.00485. The lowest BCUT2D eigenvalue weighted by Crippen LogP contribution is -2.09. The van der Waals surface area contributed by atoms with Crippen LogP contribution in [0.2, 0.25) is 5.02 Å². The monoisotopic (exact) mass is 382 g/mol. The molecule has 0 heterocycles. The number of benzene rings is 3. The molecule has 3 aromatic rings. The highest BCUT2D eigenvalue weighted by atomic mass is 35.5. The fourth-order valence-electron chi connectivity index (χ4n) is 2.60. The second kappa shape index (κ2) is 8.47. The minimum Gasteiger partial charge on any atom is -0.507 e. The molecular formula is C21H19ClN2O3. The quantitative estimate of drug-likeness (QED) is 0.469. The van der Waals surface area contributed by atoms with Gasteiger partial charge >= 0.3 is 0 Å². The Morgan fingerprint density at radius 3 is 2.30 bits per heavy atom. The molecule has 0 spiro atoms. The average Bonchev–Trinajstić information content (AvgIpc) is 2.70. The van der Waals surface area contributed by atoms with Crippen molar-refractivity contribution in [1.82, 2.24) is 0 Å². The van der Waals surface area contributed by atoms with Crippen LogP contribution in [0.1, 0.15) is 11.1 Å². The number of nitrogens with one attached hydrogen (secondary N) is 1. The number of phenols is 1. The van der Waals surface area contributed by atoms with Crippen molar-refractivity contribution < 1.29 is 14.6 Å². The molecule has 27 heavy (non-hydrogen) atoms. The van der Waals surface area contributed by atoms with E-state index in [-0.39, 0.29) is 5.75 Å². The van der Waals surface area contributed by atoms with Crippen molar-refractivity contribution in [3.8, 4) is 17.2 Å². The van der Waals surface area contributed by atoms with Gasteiger partial charge in [-0.1, -0.05) is 41.9 Å². The van der Waals surface area contributed by atoms with Crippen LogP contribution >= 0.6 is 11.6 Å². The Bertz CT molecular complexity index is 942. The molecule has 3 aromatic carbocycles. The van der Waals surface area contributed by atoms with Gasteiger partial charge in [-0.05, 0) is 24.3 Å². The third-order valence-electron chi connectivity index (χ3n) is 3.94. The van der Waals surface area contributed by atoms with E-state index in [2.05, 4.69) is 10.5 Å². The number of phenolic OH excluding ortho intramolecular Hbond substituents is 1. The van der Waals surface area contributed by atoms with E-state index in [0.717, 1.165) is 11.3 Å². The van der Waals surface area contributed by atoms with Gasteiger partial charge in [0.15, 0.2) is 0 Å². The van der Waals surface area contributed by atoms with E-state index in [1.807, 2.05) is 42.5 Å². The molecule has 0 aromatic heterocycles. The molecule has 5 nitrogen and oxygen atoms in total. The van der Waals surface area contributed by atoms with Gasteiger partial charge in [0.25, 0.3) is 0 Å². The second-order valence-corrected chi connectivity index (χ2v) is 6.11. The highest BCUT2D eigenvalue weighted by molar-refractivity contribution is 6.30. The average molecular weight is 383 g/mol. The summed E-state index contributed by atoms with van der Waals surface area (Å²) < 4.78 is 10.7. The number of para-hydroxylation sites is 1. The molecule has 0 saturated carbocycles. The summed E-state index contributed by atoms with van der Waals surface area (Å²) in [4.78, 5) is 0. The van der Waals surface area contributed by atoms with Crippen LogP contribution in [0.4, 0.5) is 5.69 Å². The van der Waals surface area contributed by atoms with Crippen LogP contribution in [0, 0.1) is 0 Å². The number of anilines is 1. The van der Waals surface area contributed by atoms with Crippen LogP contribution in [0.5, 0.6) is 17.2 Å². The van der Waals surface area contributed by atoms with Crippen LogP contribution in [0.25, 0.3) is 0 Å². The predicted molar refractivity (Wildman–Crippen MR) is 108 cm³/mol. The molecular weight excluding hydrogens is 364 g/mol. The van der Waals surface area contributed by atoms with E-state index in [1.54, 1.807) is 18.2 Å². The molecule has 0 amide bonds. The molecule has 138 valence electrons. The Labute approximate surface area is 162 Å². The highest BCUT2D eigenvalue weighted by Gasteiger charge is 2.19. The van der Waals surface area contributed by atoms with Crippen molar-refractivity contribution in [1.29, 1.82) is 0 Å². The Kier molecular flexibility index (Phi) is 5.84. The van der Waals surface area contributed by atoms with E-state index in [0.29, 0.717) is 27.8 Å². The Morgan fingerprint density at radius 2 is 1.67 bits per heavy atom. The largest absolute Gasteiger partial charge is 0.507 e. The zero-order chi connectivity index (χ0) is 19.2. The lowest BCUT2D eigenvalue weighted by Gasteiger charge is -2.15. The van der Waals surface area contributed by atoms with Crippen LogP contribution in [-0.4, -0.2) is 25.0 Å². The van der Waals surface area contributed by atoms with Crippen LogP contribution < -0.4 is 14.9 Å². The first kappa shape index (κ1) is 18.6. The van der Waals surface area contributed by atoms with Gasteiger partial charge in [-0.25, -0.2) is 0 Å². The molecule has 0 bridgehead atoms. The molecule has 0 fully saturated rings. The number of aromatic hydroxyl groups is 1. The Balaban J connectivity index is 2.14. The lowest BCUT2D eigenvalue weighted by atomic mass is 10.00. The first-order valence-electron chi connectivity index (χ1n) is 8.22. The van der Waals surface area contributed by atoms with Gasteiger partial charge < -0.3 is 14.6 Å². The summed E-state index contributed by atoms with van der Waals surface area (Å²) in [6.45, 7) is 0. The van der Waals surface area contributed by atoms with Crippen LogP contribution in [-0.2, 0) is 0 Å². The van der Waals surface area contributed by atoms with Crippen molar-refractivity contribution in [2.45, 2.75) is 0 Å². The summed E-state index contributed by atoms with van der Waals surface area (Å²) in [5.74, 6) is 0.921. The zero-order valence-electron chi connectivity index (χ0n) is 14.9. The molecule has 0 aliphatic carbocycles. The number of hydrogen-bond acceptors (Lipinski definition) is 5. The maximum Gasteiger partial charge on any atom is 0.135 e. The highest BCUT2D eigenvalue weighted by Crippen LogP contribution is 2.35. The summed E-state index contributed by atoms with van der Waals surface area (Å²) in [6.07, 6.45) is 0. The fraction of sp³-hybridized carbons (Fsp3) is 0.0952. The molecule has 3 rings (SSSR count). The van der Waals surface area contributed by atoms with Gasteiger partial charge in [0.05, 0.1) is 25.5 Å². The molecule has 0 saturated heterocycles. The number of hydrogen-bond donors (Lipinski definition) is 2. The number of hydrazone groups is 1. The molecule has 0 unspecified atom stereocenters. The SMILES string of the molecule is COc1cc(O)c(/C(=N/Nc2ccccc2)c2ccc(Cl)cc2)c(OC)c1. The molecule has 0 atom stereocenters. The van der Waals surface area contributed by atoms with Crippen LogP contribution in [0.3, 0.4) is 0 Å². The summed E-state index contributed by atoms with van der Waals surface area (Å²) in [5.41, 5.74) is 5.56. The predicted octanol–water partition coefficient (Wildman–Crippen LogP) is 4.93. The third kappa shape index (κ3) is 4.33. The molecule has 2 N–H and O–H groups in total. The van der Waals surface area contributed by atoms with E-state index >= 15 is 0 Å². The third-order valence-corrected chi connectivity index (χ3v) is 4.19. The zero-order valence-corrected chi connectivity index (χ0v) is 15.7. The van der Waals surface area contributed by atoms with Crippen molar-refractivity contribution in [2.24, 2.45) is 5.10 Å². The molecule has 0 aliphatic rings. The standard InChI is InChI=1S/C21H19ClN2O3/c1-26-17-12-18(25)20(19(13-17)27-2)21(14-8-10-15(22)11-9-14)24-23-16-6-4-3-5-7-16/h3-13,23,25H,1-2H3/b24-21+. The number of halogens is 1. The van der Waals surface area contributed by atoms with Gasteiger partial charge in [-0.15, -0.1) is 0 Å². The van der Waals surface area contributed by atoms with Crippen molar-refractivity contribution >= 4 is 23.0 Å². The van der Waals surface area contributed by atoms with Gasteiger partial charge in [-0.3, -0.25) is 5.43 Å². The van der Waals surface area contributed by atoms with Gasteiger partial charge in [0, 0.05) is 22.7 Å². The summed E-state index contributed by atoms with van der Waals surface area (Å²) >= 11 is 6.02. The van der Waals surface area contributed by atoms with E-state index in [9.17, 15) is 5.11 Å². The normalized spacial score (nSPS) is 11.1. The summed E-state index contributed by atoms with van der Waals surface area (Å²) in [5, 5.41) is 15.8.